The number of benzene rings is 1. The molecule has 0 bridgehead atoms. The Morgan fingerprint density at radius 3 is 3.00 bits per heavy atom. The van der Waals surface area contributed by atoms with E-state index in [0.29, 0.717) is 6.54 Å². The van der Waals surface area contributed by atoms with Gasteiger partial charge in [0.1, 0.15) is 6.10 Å². The molecule has 1 amide bonds. The highest BCUT2D eigenvalue weighted by atomic mass is 16.6. The van der Waals surface area contributed by atoms with Crippen LogP contribution in [0.5, 0.6) is 0 Å². The molecular weight excluding hydrogens is 192 g/mol. The van der Waals surface area contributed by atoms with Crippen LogP contribution in [0, 0.1) is 0 Å². The van der Waals surface area contributed by atoms with Crippen molar-refractivity contribution in [3.05, 3.63) is 35.4 Å². The maximum absolute atomic E-state index is 11.0. The third kappa shape index (κ3) is 1.37. The normalized spacial score (nSPS) is 28.4. The Labute approximate surface area is 87.6 Å². The lowest BCUT2D eigenvalue weighted by Gasteiger charge is -2.17. The minimum atomic E-state index is -0.314. The van der Waals surface area contributed by atoms with Crippen molar-refractivity contribution in [2.75, 3.05) is 6.54 Å². The lowest BCUT2D eigenvalue weighted by atomic mass is 10.0. The fourth-order valence-electron chi connectivity index (χ4n) is 2.25. The topological polar surface area (TPSA) is 50.4 Å². The zero-order valence-corrected chi connectivity index (χ0v) is 8.19. The van der Waals surface area contributed by atoms with Crippen LogP contribution in [0.1, 0.15) is 17.2 Å². The second-order valence-corrected chi connectivity index (χ2v) is 3.88. The van der Waals surface area contributed by atoms with Gasteiger partial charge in [-0.15, -0.1) is 0 Å². The van der Waals surface area contributed by atoms with Gasteiger partial charge in [0.25, 0.3) is 0 Å². The molecule has 0 aliphatic carbocycles. The third-order valence-electron chi connectivity index (χ3n) is 2.98. The number of carbonyl (C=O) groups excluding carboxylic acids is 1. The van der Waals surface area contributed by atoms with Crippen LogP contribution in [-0.4, -0.2) is 18.7 Å². The summed E-state index contributed by atoms with van der Waals surface area (Å²) in [5, 5.41) is 6.04. The van der Waals surface area contributed by atoms with Crippen LogP contribution < -0.4 is 10.6 Å². The number of rotatable bonds is 1. The molecule has 1 aromatic rings. The standard InChI is InChI=1S/C11H12N2O2/c14-11-13-6-9(15-11)10-8-4-2-1-3-7(8)5-12-10/h1-4,9-10,12H,5-6H2,(H,13,14). The zero-order chi connectivity index (χ0) is 10.3. The largest absolute Gasteiger partial charge is 0.442 e. The van der Waals surface area contributed by atoms with Gasteiger partial charge in [-0.3, -0.25) is 0 Å². The number of amides is 1. The molecule has 2 aliphatic rings. The fourth-order valence-corrected chi connectivity index (χ4v) is 2.25. The van der Waals surface area contributed by atoms with Crippen molar-refractivity contribution in [3.63, 3.8) is 0 Å². The quantitative estimate of drug-likeness (QED) is 0.715. The second-order valence-electron chi connectivity index (χ2n) is 3.88. The Morgan fingerprint density at radius 2 is 2.20 bits per heavy atom. The summed E-state index contributed by atoms with van der Waals surface area (Å²) in [6, 6.07) is 8.38. The lowest BCUT2D eigenvalue weighted by Crippen LogP contribution is -2.29. The van der Waals surface area contributed by atoms with E-state index in [1.54, 1.807) is 0 Å². The molecule has 1 aromatic carbocycles. The van der Waals surface area contributed by atoms with Gasteiger partial charge in [-0.1, -0.05) is 24.3 Å². The highest BCUT2D eigenvalue weighted by Crippen LogP contribution is 2.29. The van der Waals surface area contributed by atoms with E-state index >= 15 is 0 Å². The molecule has 2 aliphatic heterocycles. The van der Waals surface area contributed by atoms with E-state index in [4.69, 9.17) is 4.74 Å². The van der Waals surface area contributed by atoms with Gasteiger partial charge in [0.05, 0.1) is 12.6 Å². The first-order valence-electron chi connectivity index (χ1n) is 5.10. The molecule has 3 rings (SSSR count). The summed E-state index contributed by atoms with van der Waals surface area (Å²) in [5.74, 6) is 0. The van der Waals surface area contributed by atoms with Gasteiger partial charge in [-0.2, -0.15) is 0 Å². The average molecular weight is 204 g/mol. The van der Waals surface area contributed by atoms with Gasteiger partial charge >= 0.3 is 6.09 Å². The number of fused-ring (bicyclic) bond motifs is 1. The first-order valence-corrected chi connectivity index (χ1v) is 5.10. The monoisotopic (exact) mass is 204 g/mol. The smallest absolute Gasteiger partial charge is 0.407 e. The highest BCUT2D eigenvalue weighted by molar-refractivity contribution is 5.69. The fraction of sp³-hybridized carbons (Fsp3) is 0.364. The van der Waals surface area contributed by atoms with Gasteiger partial charge in [0, 0.05) is 6.54 Å². The van der Waals surface area contributed by atoms with E-state index in [2.05, 4.69) is 22.8 Å². The molecular formula is C11H12N2O2. The SMILES string of the molecule is O=C1NCC(C2NCc3ccccc32)O1. The summed E-state index contributed by atoms with van der Waals surface area (Å²) >= 11 is 0. The van der Waals surface area contributed by atoms with Crippen molar-refractivity contribution >= 4 is 6.09 Å². The molecule has 1 saturated heterocycles. The molecule has 2 atom stereocenters. The molecule has 4 heteroatoms. The summed E-state index contributed by atoms with van der Waals surface area (Å²) in [5.41, 5.74) is 2.55. The van der Waals surface area contributed by atoms with E-state index in [0.717, 1.165) is 6.54 Å². The van der Waals surface area contributed by atoms with Crippen molar-refractivity contribution in [3.8, 4) is 0 Å². The Hall–Kier alpha value is -1.55. The molecule has 0 radical (unpaired) electrons. The Bertz CT molecular complexity index is 405. The highest BCUT2D eigenvalue weighted by Gasteiger charge is 2.35. The van der Waals surface area contributed by atoms with Crippen LogP contribution in [-0.2, 0) is 11.3 Å². The number of nitrogens with one attached hydrogen (secondary N) is 2. The number of hydrogen-bond acceptors (Lipinski definition) is 3. The Morgan fingerprint density at radius 1 is 1.33 bits per heavy atom. The van der Waals surface area contributed by atoms with Crippen molar-refractivity contribution < 1.29 is 9.53 Å². The van der Waals surface area contributed by atoms with Gasteiger partial charge in [-0.25, -0.2) is 4.79 Å². The summed E-state index contributed by atoms with van der Waals surface area (Å²) in [7, 11) is 0. The molecule has 0 aromatic heterocycles. The molecule has 0 saturated carbocycles. The maximum atomic E-state index is 11.0. The Kier molecular flexibility index (Phi) is 1.89. The minimum Gasteiger partial charge on any atom is -0.442 e. The summed E-state index contributed by atoms with van der Waals surface area (Å²) in [6.45, 7) is 1.44. The lowest BCUT2D eigenvalue weighted by molar-refractivity contribution is 0.119. The van der Waals surface area contributed by atoms with Crippen molar-refractivity contribution in [2.24, 2.45) is 0 Å². The molecule has 2 N–H and O–H groups in total. The number of carbonyl (C=O) groups is 1. The van der Waals surface area contributed by atoms with E-state index in [1.165, 1.54) is 11.1 Å². The van der Waals surface area contributed by atoms with Crippen molar-refractivity contribution in [2.45, 2.75) is 18.7 Å². The molecule has 15 heavy (non-hydrogen) atoms. The molecule has 0 spiro atoms. The number of ether oxygens (including phenoxy) is 1. The number of cyclic esters (lactones) is 1. The predicted molar refractivity (Wildman–Crippen MR) is 54.3 cm³/mol. The molecule has 1 fully saturated rings. The molecule has 2 unspecified atom stereocenters. The van der Waals surface area contributed by atoms with Gasteiger partial charge in [-0.05, 0) is 11.1 Å². The first kappa shape index (κ1) is 8.73. The van der Waals surface area contributed by atoms with E-state index in [9.17, 15) is 4.79 Å². The van der Waals surface area contributed by atoms with Gasteiger partial charge < -0.3 is 15.4 Å². The maximum Gasteiger partial charge on any atom is 0.407 e. The van der Waals surface area contributed by atoms with Crippen LogP contribution >= 0.6 is 0 Å². The van der Waals surface area contributed by atoms with Crippen LogP contribution in [0.4, 0.5) is 4.79 Å². The van der Waals surface area contributed by atoms with Gasteiger partial charge in [0.15, 0.2) is 0 Å². The van der Waals surface area contributed by atoms with Crippen LogP contribution in [0.2, 0.25) is 0 Å². The molecule has 2 heterocycles. The minimum absolute atomic E-state index is 0.0823. The number of alkyl carbamates (subject to hydrolysis) is 1. The summed E-state index contributed by atoms with van der Waals surface area (Å²) in [4.78, 5) is 11.0. The van der Waals surface area contributed by atoms with Gasteiger partial charge in [0.2, 0.25) is 0 Å². The van der Waals surface area contributed by atoms with Crippen molar-refractivity contribution in [1.82, 2.24) is 10.6 Å². The second kappa shape index (κ2) is 3.24. The third-order valence-corrected chi connectivity index (χ3v) is 2.98. The van der Waals surface area contributed by atoms with Crippen LogP contribution in [0.3, 0.4) is 0 Å². The molecule has 78 valence electrons. The first-order chi connectivity index (χ1) is 7.34. The van der Waals surface area contributed by atoms with Crippen molar-refractivity contribution in [1.29, 1.82) is 0 Å². The summed E-state index contributed by atoms with van der Waals surface area (Å²) in [6.07, 6.45) is -0.396. The number of hydrogen-bond donors (Lipinski definition) is 2. The van der Waals surface area contributed by atoms with E-state index in [1.807, 2.05) is 12.1 Å². The van der Waals surface area contributed by atoms with E-state index < -0.39 is 0 Å². The molecule has 4 nitrogen and oxygen atoms in total. The zero-order valence-electron chi connectivity index (χ0n) is 8.19. The van der Waals surface area contributed by atoms with E-state index in [-0.39, 0.29) is 18.2 Å². The average Bonchev–Trinajstić information content (AvgIpc) is 2.83. The Balaban J connectivity index is 1.87. The predicted octanol–water partition coefficient (Wildman–Crippen LogP) is 0.939. The van der Waals surface area contributed by atoms with Crippen LogP contribution in [0.25, 0.3) is 0 Å². The van der Waals surface area contributed by atoms with Crippen LogP contribution in [0.15, 0.2) is 24.3 Å². The summed E-state index contributed by atoms with van der Waals surface area (Å²) < 4.78 is 5.19.